The highest BCUT2D eigenvalue weighted by Gasteiger charge is 2.40. The van der Waals surface area contributed by atoms with E-state index in [1.165, 1.54) is 0 Å². The first-order valence-corrected chi connectivity index (χ1v) is 11.6. The van der Waals surface area contributed by atoms with Crippen molar-refractivity contribution in [3.05, 3.63) is 23.9 Å². The number of carbonyl (C=O) groups is 1. The van der Waals surface area contributed by atoms with Gasteiger partial charge in [0, 0.05) is 25.9 Å². The molecule has 2 aliphatic rings. The molecule has 2 aromatic heterocycles. The molecule has 15 heteroatoms. The van der Waals surface area contributed by atoms with E-state index in [1.54, 1.807) is 14.0 Å². The molecule has 1 aliphatic carbocycles. The Labute approximate surface area is 248 Å². The van der Waals surface area contributed by atoms with E-state index >= 15 is 0 Å². The summed E-state index contributed by atoms with van der Waals surface area (Å²) >= 11 is 0. The maximum atomic E-state index is 12.8. The van der Waals surface area contributed by atoms with E-state index in [9.17, 15) is 18.0 Å². The molecule has 2 atom stereocenters. The summed E-state index contributed by atoms with van der Waals surface area (Å²) < 4.78 is 49.5. The normalized spacial score (nSPS) is 20.6. The minimum Gasteiger partial charge on any atom is -0.487 e. The Bertz CT molecular complexity index is 1130. The highest BCUT2D eigenvalue weighted by Crippen LogP contribution is 2.35. The van der Waals surface area contributed by atoms with Crippen LogP contribution < -0.4 is 20.3 Å². The van der Waals surface area contributed by atoms with Crippen molar-refractivity contribution in [1.29, 1.82) is 0 Å². The van der Waals surface area contributed by atoms with Crippen LogP contribution in [0.15, 0.2) is 12.4 Å². The summed E-state index contributed by atoms with van der Waals surface area (Å²) in [6, 6.07) is -0.545. The van der Waals surface area contributed by atoms with Crippen LogP contribution in [0.4, 0.5) is 30.6 Å². The largest absolute Gasteiger partial charge is 0.487 e. The fraction of sp³-hybridized carbons (Fsp3) is 0.640. The summed E-state index contributed by atoms with van der Waals surface area (Å²) in [6.07, 6.45) is -1.91. The Kier molecular flexibility index (Phi) is 13.0. The number of hydrogen-bond acceptors (Lipinski definition) is 9. The molecule has 1 aliphatic heterocycles. The third-order valence-corrected chi connectivity index (χ3v) is 5.94. The Morgan fingerprint density at radius 2 is 1.68 bits per heavy atom. The Hall–Kier alpha value is -2.52. The number of carbonyl (C=O) groups excluding carboxylic acids is 1. The number of nitrogens with zero attached hydrogens (tertiary/aromatic N) is 5. The molecule has 40 heavy (non-hydrogen) atoms. The fourth-order valence-electron chi connectivity index (χ4n) is 4.36. The SMILES string of the molecule is C.C.Cc1nc(NC2CC(Oc3cnc(C(F)(F)F)nc3)C2)nc2c1NC(=O)[C@H]([C@H](C)OC(C)(C)C)N2C.S.S. The predicted octanol–water partition coefficient (Wildman–Crippen LogP) is 5.07. The van der Waals surface area contributed by atoms with Crippen molar-refractivity contribution < 1.29 is 27.4 Å². The number of aryl methyl sites for hydroxylation is 1. The summed E-state index contributed by atoms with van der Waals surface area (Å²) in [6.45, 7) is 9.47. The average molecular weight is 610 g/mol. The lowest BCUT2D eigenvalue weighted by Crippen LogP contribution is -2.54. The van der Waals surface area contributed by atoms with Gasteiger partial charge in [0.1, 0.15) is 17.8 Å². The van der Waals surface area contributed by atoms with Crippen LogP contribution in [0.25, 0.3) is 0 Å². The molecule has 4 rings (SSSR count). The Balaban J connectivity index is 0.00000380. The van der Waals surface area contributed by atoms with Crippen LogP contribution in [-0.2, 0) is 15.7 Å². The van der Waals surface area contributed by atoms with Crippen LogP contribution in [0.2, 0.25) is 0 Å². The highest BCUT2D eigenvalue weighted by molar-refractivity contribution is 7.59. The molecule has 3 heterocycles. The van der Waals surface area contributed by atoms with E-state index in [1.807, 2.05) is 32.6 Å². The lowest BCUT2D eigenvalue weighted by Gasteiger charge is -2.40. The van der Waals surface area contributed by atoms with Gasteiger partial charge in [-0.25, -0.2) is 15.0 Å². The van der Waals surface area contributed by atoms with Gasteiger partial charge in [-0.2, -0.15) is 45.1 Å². The van der Waals surface area contributed by atoms with Crippen molar-refractivity contribution in [2.24, 2.45) is 0 Å². The maximum absolute atomic E-state index is 12.8. The van der Waals surface area contributed by atoms with Gasteiger partial charge in [0.2, 0.25) is 17.7 Å². The van der Waals surface area contributed by atoms with Crippen molar-refractivity contribution in [2.75, 3.05) is 22.6 Å². The van der Waals surface area contributed by atoms with Crippen LogP contribution >= 0.6 is 27.0 Å². The van der Waals surface area contributed by atoms with Crippen LogP contribution in [0.1, 0.15) is 66.9 Å². The zero-order chi connectivity index (χ0) is 26.4. The van der Waals surface area contributed by atoms with Crippen molar-refractivity contribution in [2.45, 2.75) is 98.4 Å². The first-order chi connectivity index (χ1) is 16.7. The molecular weight excluding hydrogens is 567 g/mol. The molecule has 1 amide bonds. The second kappa shape index (κ2) is 13.9. The first kappa shape index (κ1) is 37.5. The number of ether oxygens (including phenoxy) is 2. The number of rotatable bonds is 6. The van der Waals surface area contributed by atoms with Gasteiger partial charge < -0.3 is 25.0 Å². The summed E-state index contributed by atoms with van der Waals surface area (Å²) in [7, 11) is 1.81. The third kappa shape index (κ3) is 8.49. The minimum absolute atomic E-state index is 0. The monoisotopic (exact) mass is 609 g/mol. The highest BCUT2D eigenvalue weighted by atomic mass is 32.1. The molecule has 0 unspecified atom stereocenters. The Morgan fingerprint density at radius 3 is 2.20 bits per heavy atom. The smallest absolute Gasteiger partial charge is 0.451 e. The number of hydrogen-bond donors (Lipinski definition) is 2. The molecular formula is C25H42F3N7O3S2. The summed E-state index contributed by atoms with van der Waals surface area (Å²) in [5.74, 6) is -0.194. The van der Waals surface area contributed by atoms with Crippen molar-refractivity contribution in [1.82, 2.24) is 19.9 Å². The molecule has 0 bridgehead atoms. The second-order valence-electron chi connectivity index (χ2n) is 10.1. The van der Waals surface area contributed by atoms with Gasteiger partial charge in [-0.3, -0.25) is 4.79 Å². The van der Waals surface area contributed by atoms with Gasteiger partial charge in [-0.15, -0.1) is 0 Å². The number of aromatic nitrogens is 4. The molecule has 1 saturated carbocycles. The minimum atomic E-state index is -4.59. The molecule has 0 saturated heterocycles. The van der Waals surface area contributed by atoms with Gasteiger partial charge in [0.25, 0.3) is 0 Å². The number of anilines is 3. The molecule has 228 valence electrons. The molecule has 10 nitrogen and oxygen atoms in total. The Morgan fingerprint density at radius 1 is 1.10 bits per heavy atom. The maximum Gasteiger partial charge on any atom is 0.451 e. The number of likely N-dealkylation sites (N-methyl/N-ethyl adjacent to an activating group) is 1. The van der Waals surface area contributed by atoms with Gasteiger partial charge in [0.05, 0.1) is 29.8 Å². The van der Waals surface area contributed by atoms with Gasteiger partial charge in [-0.05, 0) is 34.6 Å². The summed E-state index contributed by atoms with van der Waals surface area (Å²) in [5.41, 5.74) is 0.772. The number of halogens is 3. The number of fused-ring (bicyclic) bond motifs is 1. The second-order valence-corrected chi connectivity index (χ2v) is 10.1. The van der Waals surface area contributed by atoms with E-state index in [2.05, 4.69) is 30.6 Å². The van der Waals surface area contributed by atoms with Crippen LogP contribution in [0.3, 0.4) is 0 Å². The molecule has 2 N–H and O–H groups in total. The summed E-state index contributed by atoms with van der Waals surface area (Å²) in [4.78, 5) is 30.4. The van der Waals surface area contributed by atoms with Gasteiger partial charge in [0.15, 0.2) is 11.6 Å². The lowest BCUT2D eigenvalue weighted by molar-refractivity contribution is -0.145. The quantitative estimate of drug-likeness (QED) is 0.463. The number of nitrogens with one attached hydrogen (secondary N) is 2. The van der Waals surface area contributed by atoms with E-state index in [0.717, 1.165) is 12.4 Å². The molecule has 1 fully saturated rings. The molecule has 0 aromatic carbocycles. The van der Waals surface area contributed by atoms with E-state index in [-0.39, 0.29) is 71.8 Å². The van der Waals surface area contributed by atoms with Crippen LogP contribution in [0.5, 0.6) is 5.75 Å². The van der Waals surface area contributed by atoms with Crippen molar-refractivity contribution >= 4 is 50.4 Å². The topological polar surface area (TPSA) is 114 Å². The van der Waals surface area contributed by atoms with Gasteiger partial charge >= 0.3 is 6.18 Å². The van der Waals surface area contributed by atoms with Crippen molar-refractivity contribution in [3.63, 3.8) is 0 Å². The first-order valence-electron chi connectivity index (χ1n) is 11.6. The van der Waals surface area contributed by atoms with E-state index in [0.29, 0.717) is 36.0 Å². The zero-order valence-corrected chi connectivity index (χ0v) is 24.0. The van der Waals surface area contributed by atoms with E-state index < -0.39 is 23.6 Å². The average Bonchev–Trinajstić information content (AvgIpc) is 2.71. The zero-order valence-electron chi connectivity index (χ0n) is 22.0. The predicted molar refractivity (Wildman–Crippen MR) is 160 cm³/mol. The third-order valence-electron chi connectivity index (χ3n) is 5.94. The fourth-order valence-corrected chi connectivity index (χ4v) is 4.36. The van der Waals surface area contributed by atoms with E-state index in [4.69, 9.17) is 9.47 Å². The lowest BCUT2D eigenvalue weighted by atomic mass is 9.89. The summed E-state index contributed by atoms with van der Waals surface area (Å²) in [5, 5.41) is 6.19. The molecule has 0 spiro atoms. The number of amides is 1. The van der Waals surface area contributed by atoms with Crippen LogP contribution in [-0.4, -0.2) is 62.8 Å². The molecule has 0 radical (unpaired) electrons. The number of alkyl halides is 3. The molecule has 2 aromatic rings. The van der Waals surface area contributed by atoms with Crippen molar-refractivity contribution in [3.8, 4) is 5.75 Å². The standard InChI is InChI=1S/C23H30F3N7O3.2CH4.2H2S/c1-11-16-18(33(6)17(19(34)31-16)12(2)36-22(3,4)5)32-21(29-11)30-13-7-14(8-13)35-15-9-27-20(28-10-15)23(24,25)26;;;;/h9-10,12-14,17H,7-8H2,1-6H3,(H,31,34)(H,29,30,32);2*1H4;2*1H2/t12-,13?,14?,17-;;;;/m0..../s1. The van der Waals surface area contributed by atoms with Crippen LogP contribution in [0, 0.1) is 6.92 Å². The van der Waals surface area contributed by atoms with Gasteiger partial charge in [-0.1, -0.05) is 14.9 Å².